The number of carbonyl (C=O) groups is 1. The number of nitriles is 1. The van der Waals surface area contributed by atoms with Crippen molar-refractivity contribution in [2.24, 2.45) is 5.73 Å². The Bertz CT molecular complexity index is 1400. The Morgan fingerprint density at radius 2 is 1.97 bits per heavy atom. The van der Waals surface area contributed by atoms with E-state index in [4.69, 9.17) is 14.9 Å². The van der Waals surface area contributed by atoms with Gasteiger partial charge in [0.2, 0.25) is 11.8 Å². The number of carbonyl (C=O) groups excluding carboxylic acids is 1. The molecule has 168 valence electrons. The van der Waals surface area contributed by atoms with Gasteiger partial charge in [0.1, 0.15) is 34.5 Å². The number of hydrogen-bond donors (Lipinski definition) is 1. The van der Waals surface area contributed by atoms with Gasteiger partial charge in [0.15, 0.2) is 5.41 Å². The molecule has 7 nitrogen and oxygen atoms in total. The SMILES string of the molecule is Cc1cc2c(c(=O)o1)[C@]1(C(=O)N3c4c(cc(F)cc41)[C@H](C)CC31CCCC1)C(C#N)=C(N)O2. The van der Waals surface area contributed by atoms with Crippen molar-refractivity contribution in [3.05, 3.63) is 68.3 Å². The zero-order valence-corrected chi connectivity index (χ0v) is 18.3. The maximum absolute atomic E-state index is 15.0. The van der Waals surface area contributed by atoms with E-state index in [1.54, 1.807) is 11.8 Å². The number of aryl methyl sites for hydroxylation is 1. The summed E-state index contributed by atoms with van der Waals surface area (Å²) >= 11 is 0. The van der Waals surface area contributed by atoms with E-state index in [0.717, 1.165) is 25.7 Å². The summed E-state index contributed by atoms with van der Waals surface area (Å²) in [5, 5.41) is 10.2. The fraction of sp³-hybridized carbons (Fsp3) is 0.400. The van der Waals surface area contributed by atoms with Crippen LogP contribution in [0.3, 0.4) is 0 Å². The first-order valence-electron chi connectivity index (χ1n) is 11.2. The number of nitrogens with zero attached hydrogens (tertiary/aromatic N) is 2. The smallest absolute Gasteiger partial charge is 0.344 e. The van der Waals surface area contributed by atoms with Crippen LogP contribution in [0.5, 0.6) is 5.75 Å². The Labute approximate surface area is 189 Å². The highest BCUT2D eigenvalue weighted by molar-refractivity contribution is 6.16. The Morgan fingerprint density at radius 3 is 2.67 bits per heavy atom. The number of fused-ring (bicyclic) bond motifs is 4. The Morgan fingerprint density at radius 1 is 1.24 bits per heavy atom. The first-order valence-corrected chi connectivity index (χ1v) is 11.2. The second-order valence-corrected chi connectivity index (χ2v) is 9.66. The number of amides is 1. The summed E-state index contributed by atoms with van der Waals surface area (Å²) in [4.78, 5) is 29.6. The molecule has 0 radical (unpaired) electrons. The molecule has 1 aromatic carbocycles. The largest absolute Gasteiger partial charge is 0.440 e. The van der Waals surface area contributed by atoms with Crippen molar-refractivity contribution in [1.29, 1.82) is 5.26 Å². The number of rotatable bonds is 0. The Hall–Kier alpha value is -3.60. The van der Waals surface area contributed by atoms with Gasteiger partial charge in [-0.2, -0.15) is 5.26 Å². The molecular weight excluding hydrogens is 425 g/mol. The average molecular weight is 447 g/mol. The van der Waals surface area contributed by atoms with Crippen molar-refractivity contribution in [3.8, 4) is 11.8 Å². The number of ether oxygens (including phenoxy) is 1. The predicted molar refractivity (Wildman–Crippen MR) is 116 cm³/mol. The monoisotopic (exact) mass is 447 g/mol. The van der Waals surface area contributed by atoms with Gasteiger partial charge in [-0.05, 0) is 49.8 Å². The molecule has 8 heteroatoms. The van der Waals surface area contributed by atoms with E-state index in [-0.39, 0.29) is 40.0 Å². The van der Waals surface area contributed by atoms with Crippen LogP contribution in [-0.2, 0) is 10.2 Å². The maximum Gasteiger partial charge on any atom is 0.344 e. The number of halogens is 1. The third kappa shape index (κ3) is 2.22. The van der Waals surface area contributed by atoms with E-state index in [1.807, 2.05) is 13.0 Å². The molecule has 0 saturated heterocycles. The second-order valence-electron chi connectivity index (χ2n) is 9.66. The standard InChI is InChI=1S/C25H22FN3O4/c1-12-10-24(5-3-4-6-24)29-20-15(12)8-14(26)9-16(20)25(23(29)31)17(11-27)21(28)33-18-7-13(2)32-22(30)19(18)25/h7-9,12H,3-6,10,28H2,1-2H3/t12-,25-/m1/s1. The van der Waals surface area contributed by atoms with Crippen molar-refractivity contribution in [2.45, 2.75) is 62.8 Å². The minimum Gasteiger partial charge on any atom is -0.440 e. The van der Waals surface area contributed by atoms with Crippen LogP contribution >= 0.6 is 0 Å². The topological polar surface area (TPSA) is 110 Å². The summed E-state index contributed by atoms with van der Waals surface area (Å²) in [7, 11) is 0. The first-order chi connectivity index (χ1) is 15.7. The van der Waals surface area contributed by atoms with Crippen LogP contribution < -0.4 is 21.0 Å². The third-order valence-electron chi connectivity index (χ3n) is 7.85. The van der Waals surface area contributed by atoms with Crippen LogP contribution in [0.4, 0.5) is 10.1 Å². The summed E-state index contributed by atoms with van der Waals surface area (Å²) in [5.41, 5.74) is 4.24. The fourth-order valence-electron chi connectivity index (χ4n) is 6.70. The zero-order valence-electron chi connectivity index (χ0n) is 18.3. The van der Waals surface area contributed by atoms with Crippen molar-refractivity contribution in [2.75, 3.05) is 4.90 Å². The van der Waals surface area contributed by atoms with Gasteiger partial charge in [-0.3, -0.25) is 4.79 Å². The highest BCUT2D eigenvalue weighted by atomic mass is 19.1. The van der Waals surface area contributed by atoms with Gasteiger partial charge in [-0.25, -0.2) is 9.18 Å². The van der Waals surface area contributed by atoms with Gasteiger partial charge in [0.25, 0.3) is 0 Å². The van der Waals surface area contributed by atoms with Crippen LogP contribution in [0.2, 0.25) is 0 Å². The van der Waals surface area contributed by atoms with Crippen LogP contribution in [0, 0.1) is 24.1 Å². The second kappa shape index (κ2) is 6.25. The molecule has 3 aliphatic heterocycles. The lowest BCUT2D eigenvalue weighted by atomic mass is 9.69. The minimum absolute atomic E-state index is 0.00681. The quantitative estimate of drug-likeness (QED) is 0.661. The molecular formula is C25H22FN3O4. The number of hydrogen-bond acceptors (Lipinski definition) is 6. The Balaban J connectivity index is 1.80. The predicted octanol–water partition coefficient (Wildman–Crippen LogP) is 3.63. The normalized spacial score (nSPS) is 26.4. The van der Waals surface area contributed by atoms with Crippen LogP contribution in [-0.4, -0.2) is 11.4 Å². The summed E-state index contributed by atoms with van der Waals surface area (Å²) in [6.45, 7) is 3.61. The molecule has 2 N–H and O–H groups in total. The van der Waals surface area contributed by atoms with Gasteiger partial charge >= 0.3 is 5.63 Å². The number of nitrogens with two attached hydrogens (primary N) is 1. The maximum atomic E-state index is 15.0. The summed E-state index contributed by atoms with van der Waals surface area (Å²) < 4.78 is 26.0. The zero-order chi connectivity index (χ0) is 23.3. The molecule has 2 aromatic rings. The van der Waals surface area contributed by atoms with Gasteiger partial charge in [0.05, 0.1) is 5.69 Å². The van der Waals surface area contributed by atoms with E-state index in [0.29, 0.717) is 17.7 Å². The summed E-state index contributed by atoms with van der Waals surface area (Å²) in [5.74, 6) is -0.928. The van der Waals surface area contributed by atoms with Gasteiger partial charge in [0, 0.05) is 17.2 Å². The van der Waals surface area contributed by atoms with Gasteiger partial charge in [-0.15, -0.1) is 0 Å². The summed E-state index contributed by atoms with van der Waals surface area (Å²) in [6.07, 6.45) is 4.25. The van der Waals surface area contributed by atoms with E-state index in [9.17, 15) is 14.9 Å². The van der Waals surface area contributed by atoms with Crippen LogP contribution in [0.25, 0.3) is 0 Å². The highest BCUT2D eigenvalue weighted by Crippen LogP contribution is 2.62. The molecule has 2 atom stereocenters. The van der Waals surface area contributed by atoms with Crippen molar-refractivity contribution >= 4 is 11.6 Å². The van der Waals surface area contributed by atoms with Crippen molar-refractivity contribution in [1.82, 2.24) is 0 Å². The molecule has 6 rings (SSSR count). The highest BCUT2D eigenvalue weighted by Gasteiger charge is 2.66. The van der Waals surface area contributed by atoms with Crippen LogP contribution in [0.1, 0.15) is 67.4 Å². The van der Waals surface area contributed by atoms with E-state index >= 15 is 4.39 Å². The molecule has 0 bridgehead atoms. The third-order valence-corrected chi connectivity index (χ3v) is 7.85. The molecule has 4 heterocycles. The van der Waals surface area contributed by atoms with E-state index < -0.39 is 28.3 Å². The number of benzene rings is 1. The molecule has 4 aliphatic rings. The lowest BCUT2D eigenvalue weighted by Gasteiger charge is -2.46. The first kappa shape index (κ1) is 20.0. The molecule has 1 fully saturated rings. The van der Waals surface area contributed by atoms with Crippen LogP contribution in [0.15, 0.2) is 38.9 Å². The average Bonchev–Trinajstić information content (AvgIpc) is 3.29. The van der Waals surface area contributed by atoms with Crippen molar-refractivity contribution in [3.63, 3.8) is 0 Å². The van der Waals surface area contributed by atoms with E-state index in [1.165, 1.54) is 18.2 Å². The lowest BCUT2D eigenvalue weighted by molar-refractivity contribution is -0.122. The molecule has 2 spiro atoms. The minimum atomic E-state index is -1.91. The molecule has 33 heavy (non-hydrogen) atoms. The molecule has 1 aliphatic carbocycles. The van der Waals surface area contributed by atoms with Crippen molar-refractivity contribution < 1.29 is 18.3 Å². The van der Waals surface area contributed by atoms with E-state index in [2.05, 4.69) is 0 Å². The molecule has 1 saturated carbocycles. The summed E-state index contributed by atoms with van der Waals surface area (Å²) in [6, 6.07) is 6.21. The Kier molecular flexibility index (Phi) is 3.80. The lowest BCUT2D eigenvalue weighted by Crippen LogP contribution is -2.57. The van der Waals surface area contributed by atoms with Gasteiger partial charge in [-0.1, -0.05) is 19.8 Å². The molecule has 1 aromatic heterocycles. The molecule has 0 unspecified atom stereocenters. The van der Waals surface area contributed by atoms with Gasteiger partial charge < -0.3 is 19.8 Å². The molecule has 1 amide bonds. The number of anilines is 1. The fourth-order valence-corrected chi connectivity index (χ4v) is 6.70.